The smallest absolute Gasteiger partial charge is 0.327 e. The quantitative estimate of drug-likeness (QED) is 0.0377. The average Bonchev–Trinajstić information content (AvgIpc) is 2.75. The van der Waals surface area contributed by atoms with Crippen LogP contribution in [-0.2, 0) is 28.8 Å². The second-order valence-electron chi connectivity index (χ2n) is 7.44. The van der Waals surface area contributed by atoms with E-state index in [1.165, 1.54) is 0 Å². The summed E-state index contributed by atoms with van der Waals surface area (Å²) in [6.45, 7) is 0.104. The van der Waals surface area contributed by atoms with Crippen LogP contribution < -0.4 is 44.6 Å². The lowest BCUT2D eigenvalue weighted by Crippen LogP contribution is -2.58. The van der Waals surface area contributed by atoms with Crippen molar-refractivity contribution in [1.82, 2.24) is 16.0 Å². The summed E-state index contributed by atoms with van der Waals surface area (Å²) in [7, 11) is 0. The number of aliphatic imine (C=N–C) groups is 1. The van der Waals surface area contributed by atoms with Crippen LogP contribution in [0, 0.1) is 0 Å². The summed E-state index contributed by atoms with van der Waals surface area (Å²) in [6.07, 6.45) is -0.739. The van der Waals surface area contributed by atoms with E-state index in [2.05, 4.69) is 33.6 Å². The van der Waals surface area contributed by atoms with Crippen LogP contribution in [0.2, 0.25) is 0 Å². The fourth-order valence-electron chi connectivity index (χ4n) is 2.62. The normalized spacial score (nSPS) is 13.9. The molecule has 0 aromatic carbocycles. The number of hydrogen-bond donors (Lipinski definition) is 10. The van der Waals surface area contributed by atoms with Crippen molar-refractivity contribution < 1.29 is 33.9 Å². The Morgan fingerprint density at radius 1 is 0.800 bits per heavy atom. The standard InChI is InChI=1S/C18H33N9O7S/c19-8(3-4-12(20)28)14(30)26-10(6-13(21)29)16(32)25-9(2-1-5-24-18(22)23)15(31)27-11(7-35)17(33)34/h8-11,35H,1-7,19H2,(H2,20,28)(H2,21,29)(H,25,32)(H,26,30)(H,27,31)(H,33,34)(H4,22,23,24). The number of nitrogens with two attached hydrogens (primary N) is 5. The SMILES string of the molecule is NC(=O)CCC(N)C(=O)NC(CC(N)=O)C(=O)NC(CCCN=C(N)N)C(=O)NC(CS)C(=O)O. The Labute approximate surface area is 206 Å². The van der Waals surface area contributed by atoms with Crippen LogP contribution in [0.25, 0.3) is 0 Å². The molecule has 0 aliphatic rings. The van der Waals surface area contributed by atoms with E-state index < -0.39 is 66.1 Å². The van der Waals surface area contributed by atoms with E-state index in [1.54, 1.807) is 0 Å². The first kappa shape index (κ1) is 31.4. The predicted molar refractivity (Wildman–Crippen MR) is 127 cm³/mol. The van der Waals surface area contributed by atoms with Crippen molar-refractivity contribution in [3.8, 4) is 0 Å². The Morgan fingerprint density at radius 3 is 1.83 bits per heavy atom. The Hall–Kier alpha value is -3.60. The summed E-state index contributed by atoms with van der Waals surface area (Å²) in [5.41, 5.74) is 26.3. The number of nitrogens with one attached hydrogen (secondary N) is 3. The zero-order valence-electron chi connectivity index (χ0n) is 18.9. The molecule has 16 nitrogen and oxygen atoms in total. The molecule has 0 aliphatic carbocycles. The first-order chi connectivity index (χ1) is 16.3. The molecule has 0 aliphatic heterocycles. The molecule has 0 aromatic heterocycles. The molecule has 0 saturated heterocycles. The fraction of sp³-hybridized carbons (Fsp3) is 0.611. The van der Waals surface area contributed by atoms with E-state index in [-0.39, 0.29) is 43.9 Å². The lowest BCUT2D eigenvalue weighted by Gasteiger charge is -2.24. The fourth-order valence-corrected chi connectivity index (χ4v) is 2.87. The first-order valence-electron chi connectivity index (χ1n) is 10.4. The number of aliphatic carboxylic acids is 1. The van der Waals surface area contributed by atoms with Crippen molar-refractivity contribution >= 4 is 54.1 Å². The van der Waals surface area contributed by atoms with Gasteiger partial charge in [-0.3, -0.25) is 29.0 Å². The van der Waals surface area contributed by atoms with E-state index in [9.17, 15) is 28.8 Å². The number of thiol groups is 1. The number of guanidine groups is 1. The van der Waals surface area contributed by atoms with E-state index in [1.807, 2.05) is 0 Å². The summed E-state index contributed by atoms with van der Waals surface area (Å²) in [6, 6.07) is -5.34. The molecular formula is C18H33N9O7S. The van der Waals surface area contributed by atoms with Crippen molar-refractivity contribution in [2.75, 3.05) is 12.3 Å². The number of carboxylic acid groups (broad SMARTS) is 1. The minimum atomic E-state index is -1.51. The first-order valence-corrected chi connectivity index (χ1v) is 11.0. The molecule has 198 valence electrons. The van der Waals surface area contributed by atoms with Gasteiger partial charge in [0.25, 0.3) is 0 Å². The maximum Gasteiger partial charge on any atom is 0.327 e. The summed E-state index contributed by atoms with van der Waals surface area (Å²) >= 11 is 3.86. The third-order valence-corrected chi connectivity index (χ3v) is 4.82. The highest BCUT2D eigenvalue weighted by molar-refractivity contribution is 7.80. The van der Waals surface area contributed by atoms with Gasteiger partial charge in [-0.25, -0.2) is 4.79 Å². The van der Waals surface area contributed by atoms with Gasteiger partial charge in [0.05, 0.1) is 12.5 Å². The van der Waals surface area contributed by atoms with Crippen molar-refractivity contribution in [1.29, 1.82) is 0 Å². The molecule has 14 N–H and O–H groups in total. The average molecular weight is 520 g/mol. The van der Waals surface area contributed by atoms with Gasteiger partial charge in [-0.2, -0.15) is 12.6 Å². The lowest BCUT2D eigenvalue weighted by molar-refractivity contribution is -0.141. The van der Waals surface area contributed by atoms with Gasteiger partial charge in [-0.1, -0.05) is 0 Å². The zero-order valence-corrected chi connectivity index (χ0v) is 19.8. The number of primary amides is 2. The second-order valence-corrected chi connectivity index (χ2v) is 7.80. The molecule has 0 saturated carbocycles. The highest BCUT2D eigenvalue weighted by atomic mass is 32.1. The number of carbonyl (C=O) groups excluding carboxylic acids is 5. The van der Waals surface area contributed by atoms with Crippen molar-refractivity contribution in [3.05, 3.63) is 0 Å². The van der Waals surface area contributed by atoms with E-state index in [4.69, 9.17) is 33.8 Å². The number of rotatable bonds is 17. The summed E-state index contributed by atoms with van der Waals surface area (Å²) < 4.78 is 0. The van der Waals surface area contributed by atoms with Crippen molar-refractivity contribution in [3.63, 3.8) is 0 Å². The van der Waals surface area contributed by atoms with Gasteiger partial charge in [0, 0.05) is 18.7 Å². The van der Waals surface area contributed by atoms with Gasteiger partial charge < -0.3 is 49.7 Å². The number of carboxylic acids is 1. The molecule has 0 radical (unpaired) electrons. The number of carbonyl (C=O) groups is 6. The molecule has 4 atom stereocenters. The number of amides is 5. The van der Waals surface area contributed by atoms with Crippen LogP contribution in [0.5, 0.6) is 0 Å². The van der Waals surface area contributed by atoms with Gasteiger partial charge in [-0.05, 0) is 19.3 Å². The Kier molecular flexibility index (Phi) is 14.4. The third-order valence-electron chi connectivity index (χ3n) is 4.45. The topological polar surface area (TPSA) is 301 Å². The maximum atomic E-state index is 12.8. The Balaban J connectivity index is 5.52. The molecule has 5 amide bonds. The van der Waals surface area contributed by atoms with Gasteiger partial charge in [0.2, 0.25) is 29.5 Å². The highest BCUT2D eigenvalue weighted by Crippen LogP contribution is 2.04. The Bertz CT molecular complexity index is 820. The van der Waals surface area contributed by atoms with Gasteiger partial charge in [0.1, 0.15) is 18.1 Å². The van der Waals surface area contributed by atoms with Crippen LogP contribution in [-0.4, -0.2) is 83.0 Å². The molecule has 0 heterocycles. The maximum absolute atomic E-state index is 12.8. The predicted octanol–water partition coefficient (Wildman–Crippen LogP) is -5.02. The third kappa shape index (κ3) is 13.6. The molecule has 4 unspecified atom stereocenters. The second kappa shape index (κ2) is 16.1. The molecule has 0 fully saturated rings. The largest absolute Gasteiger partial charge is 0.480 e. The van der Waals surface area contributed by atoms with Crippen LogP contribution in [0.3, 0.4) is 0 Å². The van der Waals surface area contributed by atoms with E-state index in [0.29, 0.717) is 0 Å². The lowest BCUT2D eigenvalue weighted by atomic mass is 10.1. The summed E-state index contributed by atoms with van der Waals surface area (Å²) in [4.78, 5) is 75.1. The van der Waals surface area contributed by atoms with Crippen molar-refractivity contribution in [2.24, 2.45) is 33.7 Å². The van der Waals surface area contributed by atoms with Crippen LogP contribution in [0.1, 0.15) is 32.1 Å². The van der Waals surface area contributed by atoms with Gasteiger partial charge in [0.15, 0.2) is 5.96 Å². The van der Waals surface area contributed by atoms with E-state index >= 15 is 0 Å². The van der Waals surface area contributed by atoms with Gasteiger partial charge >= 0.3 is 5.97 Å². The molecule has 0 rings (SSSR count). The minimum Gasteiger partial charge on any atom is -0.480 e. The molecule has 0 bridgehead atoms. The van der Waals surface area contributed by atoms with Crippen molar-refractivity contribution in [2.45, 2.75) is 56.3 Å². The molecule has 0 spiro atoms. The van der Waals surface area contributed by atoms with Crippen LogP contribution in [0.15, 0.2) is 4.99 Å². The van der Waals surface area contributed by atoms with Gasteiger partial charge in [-0.15, -0.1) is 0 Å². The zero-order chi connectivity index (χ0) is 27.1. The Morgan fingerprint density at radius 2 is 1.34 bits per heavy atom. The van der Waals surface area contributed by atoms with Crippen LogP contribution in [0.4, 0.5) is 0 Å². The summed E-state index contributed by atoms with van der Waals surface area (Å²) in [5.74, 6) is -6.05. The molecule has 17 heteroatoms. The van der Waals surface area contributed by atoms with Crippen LogP contribution >= 0.6 is 12.6 Å². The molecule has 0 aromatic rings. The molecular weight excluding hydrogens is 486 g/mol. The van der Waals surface area contributed by atoms with E-state index in [0.717, 1.165) is 0 Å². The molecule has 35 heavy (non-hydrogen) atoms. The monoisotopic (exact) mass is 519 g/mol. The number of hydrogen-bond acceptors (Lipinski definition) is 9. The summed E-state index contributed by atoms with van der Waals surface area (Å²) in [5, 5.41) is 16.0. The highest BCUT2D eigenvalue weighted by Gasteiger charge is 2.30. The minimum absolute atomic E-state index is 0.0252. The number of nitrogens with zero attached hydrogens (tertiary/aromatic N) is 1.